The first-order chi connectivity index (χ1) is 9.52. The van der Waals surface area contributed by atoms with Crippen molar-refractivity contribution in [2.24, 2.45) is 0 Å². The monoisotopic (exact) mass is 266 g/mol. The minimum Gasteiger partial charge on any atom is -0.399 e. The lowest BCUT2D eigenvalue weighted by Gasteiger charge is -2.18. The predicted octanol–water partition coefficient (Wildman–Crippen LogP) is 2.97. The maximum Gasteiger partial charge on any atom is 0.231 e. The molecule has 0 aromatic heterocycles. The van der Waals surface area contributed by atoms with E-state index in [2.05, 4.69) is 32.0 Å². The van der Waals surface area contributed by atoms with Gasteiger partial charge in [-0.3, -0.25) is 4.79 Å². The zero-order chi connectivity index (χ0) is 14.3. The summed E-state index contributed by atoms with van der Waals surface area (Å²) in [4.78, 5) is 14.1. The molecule has 3 heteroatoms. The molecule has 3 nitrogen and oxygen atoms in total. The Labute approximate surface area is 119 Å². The van der Waals surface area contributed by atoms with Gasteiger partial charge in [0, 0.05) is 11.4 Å². The number of carbonyl (C=O) groups excluding carboxylic acids is 1. The van der Waals surface area contributed by atoms with Crippen molar-refractivity contribution in [3.05, 3.63) is 58.7 Å². The third kappa shape index (κ3) is 2.27. The maximum atomic E-state index is 12.2. The summed E-state index contributed by atoms with van der Waals surface area (Å²) in [6.45, 7) is 4.78. The molecule has 2 aromatic rings. The van der Waals surface area contributed by atoms with E-state index >= 15 is 0 Å². The summed E-state index contributed by atoms with van der Waals surface area (Å²) < 4.78 is 0. The van der Waals surface area contributed by atoms with E-state index in [-0.39, 0.29) is 5.91 Å². The fraction of sp³-hybridized carbons (Fsp3) is 0.235. The normalized spacial score (nSPS) is 13.7. The van der Waals surface area contributed by atoms with Crippen LogP contribution in [0.2, 0.25) is 0 Å². The molecule has 0 fully saturated rings. The summed E-state index contributed by atoms with van der Waals surface area (Å²) >= 11 is 0. The van der Waals surface area contributed by atoms with Crippen molar-refractivity contribution < 1.29 is 4.79 Å². The third-order valence-corrected chi connectivity index (χ3v) is 3.66. The van der Waals surface area contributed by atoms with Crippen LogP contribution in [0.15, 0.2) is 36.4 Å². The molecule has 1 amide bonds. The second-order valence-corrected chi connectivity index (χ2v) is 5.54. The number of anilines is 2. The highest BCUT2D eigenvalue weighted by atomic mass is 16.2. The Morgan fingerprint density at radius 2 is 1.80 bits per heavy atom. The fourth-order valence-electron chi connectivity index (χ4n) is 2.92. The van der Waals surface area contributed by atoms with Crippen LogP contribution >= 0.6 is 0 Å². The minimum absolute atomic E-state index is 0.143. The Kier molecular flexibility index (Phi) is 2.97. The van der Waals surface area contributed by atoms with Crippen LogP contribution in [0, 0.1) is 13.8 Å². The number of nitrogens with two attached hydrogens (primary N) is 1. The molecule has 1 heterocycles. The van der Waals surface area contributed by atoms with Gasteiger partial charge in [0.1, 0.15) is 0 Å². The lowest BCUT2D eigenvalue weighted by atomic mass is 10.1. The van der Waals surface area contributed by atoms with Gasteiger partial charge in [0.05, 0.1) is 13.0 Å². The molecule has 3 rings (SSSR count). The lowest BCUT2D eigenvalue weighted by Crippen LogP contribution is -2.26. The van der Waals surface area contributed by atoms with Crippen LogP contribution in [-0.2, 0) is 17.8 Å². The predicted molar refractivity (Wildman–Crippen MR) is 81.7 cm³/mol. The second kappa shape index (κ2) is 4.67. The molecular weight excluding hydrogens is 248 g/mol. The van der Waals surface area contributed by atoms with Crippen LogP contribution in [0.3, 0.4) is 0 Å². The van der Waals surface area contributed by atoms with Crippen LogP contribution < -0.4 is 10.6 Å². The van der Waals surface area contributed by atoms with Crippen molar-refractivity contribution >= 4 is 17.3 Å². The number of amides is 1. The summed E-state index contributed by atoms with van der Waals surface area (Å²) in [5.41, 5.74) is 12.1. The number of aryl methyl sites for hydroxylation is 2. The zero-order valence-corrected chi connectivity index (χ0v) is 11.8. The molecule has 20 heavy (non-hydrogen) atoms. The first kappa shape index (κ1) is 12.7. The molecule has 0 radical (unpaired) electrons. The Hall–Kier alpha value is -2.29. The van der Waals surface area contributed by atoms with E-state index in [1.165, 1.54) is 16.7 Å². The van der Waals surface area contributed by atoms with Crippen molar-refractivity contribution in [3.8, 4) is 0 Å². The molecule has 0 bridgehead atoms. The van der Waals surface area contributed by atoms with Crippen molar-refractivity contribution in [1.29, 1.82) is 0 Å². The molecule has 0 spiro atoms. The van der Waals surface area contributed by atoms with Gasteiger partial charge in [-0.05, 0) is 43.2 Å². The molecule has 0 saturated heterocycles. The molecule has 1 aliphatic heterocycles. The molecule has 0 aliphatic carbocycles. The van der Waals surface area contributed by atoms with Gasteiger partial charge < -0.3 is 10.6 Å². The molecule has 0 unspecified atom stereocenters. The van der Waals surface area contributed by atoms with Crippen LogP contribution in [-0.4, -0.2) is 5.91 Å². The van der Waals surface area contributed by atoms with Crippen LogP contribution in [0.5, 0.6) is 0 Å². The average Bonchev–Trinajstić information content (AvgIpc) is 2.64. The number of carbonyl (C=O) groups is 1. The molecular formula is C17H18N2O. The number of rotatable bonds is 2. The van der Waals surface area contributed by atoms with Gasteiger partial charge in [0.2, 0.25) is 5.91 Å². The second-order valence-electron chi connectivity index (χ2n) is 5.54. The molecule has 0 atom stereocenters. The van der Waals surface area contributed by atoms with Gasteiger partial charge in [0.15, 0.2) is 0 Å². The number of benzene rings is 2. The van der Waals surface area contributed by atoms with Gasteiger partial charge in [0.25, 0.3) is 0 Å². The van der Waals surface area contributed by atoms with Crippen LogP contribution in [0.1, 0.15) is 22.3 Å². The minimum atomic E-state index is 0.143. The van der Waals surface area contributed by atoms with Gasteiger partial charge in [-0.1, -0.05) is 29.3 Å². The molecule has 102 valence electrons. The van der Waals surface area contributed by atoms with Gasteiger partial charge in [-0.15, -0.1) is 0 Å². The van der Waals surface area contributed by atoms with E-state index < -0.39 is 0 Å². The van der Waals surface area contributed by atoms with Crippen molar-refractivity contribution in [1.82, 2.24) is 0 Å². The first-order valence-electron chi connectivity index (χ1n) is 6.79. The molecule has 2 N–H and O–H groups in total. The van der Waals surface area contributed by atoms with Crippen LogP contribution in [0.25, 0.3) is 0 Å². The molecule has 0 saturated carbocycles. The highest BCUT2D eigenvalue weighted by molar-refractivity contribution is 6.01. The van der Waals surface area contributed by atoms with Gasteiger partial charge in [-0.2, -0.15) is 0 Å². The summed E-state index contributed by atoms with van der Waals surface area (Å²) in [5.74, 6) is 0.143. The van der Waals surface area contributed by atoms with Crippen LogP contribution in [0.4, 0.5) is 11.4 Å². The highest BCUT2D eigenvalue weighted by Crippen LogP contribution is 2.31. The summed E-state index contributed by atoms with van der Waals surface area (Å²) in [6.07, 6.45) is 0.450. The van der Waals surface area contributed by atoms with E-state index in [0.29, 0.717) is 18.7 Å². The van der Waals surface area contributed by atoms with E-state index in [1.54, 1.807) is 0 Å². The van der Waals surface area contributed by atoms with Gasteiger partial charge in [-0.25, -0.2) is 0 Å². The number of nitrogens with zero attached hydrogens (tertiary/aromatic N) is 1. The highest BCUT2D eigenvalue weighted by Gasteiger charge is 2.27. The Morgan fingerprint density at radius 1 is 1.10 bits per heavy atom. The quantitative estimate of drug-likeness (QED) is 0.849. The zero-order valence-electron chi connectivity index (χ0n) is 11.8. The SMILES string of the molecule is Cc1cc(C)cc(CN2C(=O)Cc3cc(N)ccc32)c1. The fourth-order valence-corrected chi connectivity index (χ4v) is 2.92. The standard InChI is InChI=1S/C17H18N2O/c1-11-5-12(2)7-13(6-11)10-19-16-4-3-15(18)8-14(16)9-17(19)20/h3-8H,9-10,18H2,1-2H3. The van der Waals surface area contributed by atoms with Crippen molar-refractivity contribution in [2.75, 3.05) is 10.6 Å². The molecule has 2 aromatic carbocycles. The third-order valence-electron chi connectivity index (χ3n) is 3.66. The smallest absolute Gasteiger partial charge is 0.231 e. The van der Waals surface area contributed by atoms with E-state index in [1.807, 2.05) is 23.1 Å². The summed E-state index contributed by atoms with van der Waals surface area (Å²) in [5, 5.41) is 0. The number of hydrogen-bond donors (Lipinski definition) is 1. The van der Waals surface area contributed by atoms with Gasteiger partial charge >= 0.3 is 0 Å². The number of fused-ring (bicyclic) bond motifs is 1. The van der Waals surface area contributed by atoms with E-state index in [9.17, 15) is 4.79 Å². The lowest BCUT2D eigenvalue weighted by molar-refractivity contribution is -0.117. The van der Waals surface area contributed by atoms with Crippen molar-refractivity contribution in [2.45, 2.75) is 26.8 Å². The Morgan fingerprint density at radius 3 is 2.50 bits per heavy atom. The van der Waals surface area contributed by atoms with E-state index in [0.717, 1.165) is 11.3 Å². The molecule has 1 aliphatic rings. The Balaban J connectivity index is 1.94. The summed E-state index contributed by atoms with van der Waals surface area (Å²) in [7, 11) is 0. The topological polar surface area (TPSA) is 46.3 Å². The average molecular weight is 266 g/mol. The maximum absolute atomic E-state index is 12.2. The van der Waals surface area contributed by atoms with Crippen molar-refractivity contribution in [3.63, 3.8) is 0 Å². The Bertz CT molecular complexity index is 671. The summed E-state index contributed by atoms with van der Waals surface area (Å²) in [6, 6.07) is 12.1. The number of hydrogen-bond acceptors (Lipinski definition) is 2. The number of nitrogen functional groups attached to an aromatic ring is 1. The van der Waals surface area contributed by atoms with E-state index in [4.69, 9.17) is 5.73 Å². The largest absolute Gasteiger partial charge is 0.399 e. The first-order valence-corrected chi connectivity index (χ1v) is 6.79.